The summed E-state index contributed by atoms with van der Waals surface area (Å²) in [4.78, 5) is 1.34. The maximum absolute atomic E-state index is 5.71. The van der Waals surface area contributed by atoms with E-state index in [9.17, 15) is 0 Å². The third-order valence-electron chi connectivity index (χ3n) is 2.02. The molecule has 1 atom stereocenters. The molecular weight excluding hydrogens is 178 g/mol. The van der Waals surface area contributed by atoms with Crippen LogP contribution >= 0.6 is 11.8 Å². The Morgan fingerprint density at radius 1 is 1.46 bits per heavy atom. The molecule has 1 aromatic carbocycles. The van der Waals surface area contributed by atoms with Crippen molar-refractivity contribution in [2.75, 3.05) is 6.26 Å². The quantitative estimate of drug-likeness (QED) is 0.748. The Bertz CT molecular complexity index is 258. The highest BCUT2D eigenvalue weighted by Crippen LogP contribution is 2.16. The third kappa shape index (κ3) is 3.83. The van der Waals surface area contributed by atoms with Gasteiger partial charge in [0.1, 0.15) is 0 Å². The van der Waals surface area contributed by atoms with Crippen molar-refractivity contribution >= 4 is 11.8 Å². The van der Waals surface area contributed by atoms with Crippen LogP contribution in [-0.2, 0) is 6.42 Å². The molecule has 0 amide bonds. The topological polar surface area (TPSA) is 26.0 Å². The molecule has 2 heteroatoms. The summed E-state index contributed by atoms with van der Waals surface area (Å²) in [5, 5.41) is 0. The van der Waals surface area contributed by atoms with Gasteiger partial charge in [0.2, 0.25) is 0 Å². The van der Waals surface area contributed by atoms with Crippen LogP contribution in [-0.4, -0.2) is 12.3 Å². The highest BCUT2D eigenvalue weighted by molar-refractivity contribution is 7.98. The van der Waals surface area contributed by atoms with E-state index in [0.29, 0.717) is 6.04 Å². The molecule has 13 heavy (non-hydrogen) atoms. The number of hydrogen-bond donors (Lipinski definition) is 1. The second-order valence-corrected chi connectivity index (χ2v) is 4.25. The van der Waals surface area contributed by atoms with Crippen molar-refractivity contribution in [3.05, 3.63) is 29.8 Å². The Kier molecular flexibility index (Phi) is 4.33. The van der Waals surface area contributed by atoms with Crippen molar-refractivity contribution < 1.29 is 0 Å². The maximum atomic E-state index is 5.71. The fourth-order valence-corrected chi connectivity index (χ4v) is 1.71. The minimum Gasteiger partial charge on any atom is -0.328 e. The van der Waals surface area contributed by atoms with E-state index in [1.54, 1.807) is 11.8 Å². The minimum absolute atomic E-state index is 0.304. The second-order valence-electron chi connectivity index (χ2n) is 3.37. The van der Waals surface area contributed by atoms with Crippen molar-refractivity contribution in [3.8, 4) is 0 Å². The molecule has 0 saturated heterocycles. The summed E-state index contributed by atoms with van der Waals surface area (Å²) < 4.78 is 0. The fraction of sp³-hybridized carbons (Fsp3) is 0.455. The zero-order chi connectivity index (χ0) is 9.68. The van der Waals surface area contributed by atoms with Crippen molar-refractivity contribution in [1.29, 1.82) is 0 Å². The largest absolute Gasteiger partial charge is 0.328 e. The molecule has 1 nitrogen and oxygen atoms in total. The Labute approximate surface area is 84.7 Å². The molecule has 0 aliphatic heterocycles. The van der Waals surface area contributed by atoms with Crippen LogP contribution in [0.4, 0.5) is 0 Å². The van der Waals surface area contributed by atoms with Gasteiger partial charge in [0.25, 0.3) is 0 Å². The van der Waals surface area contributed by atoms with Gasteiger partial charge in [-0.3, -0.25) is 0 Å². The van der Waals surface area contributed by atoms with Gasteiger partial charge >= 0.3 is 0 Å². The smallest absolute Gasteiger partial charge is 0.00718 e. The maximum Gasteiger partial charge on any atom is 0.00718 e. The molecule has 0 aromatic heterocycles. The van der Waals surface area contributed by atoms with E-state index in [1.165, 1.54) is 10.5 Å². The fourth-order valence-electron chi connectivity index (χ4n) is 1.22. The number of aryl methyl sites for hydroxylation is 1. The molecule has 0 radical (unpaired) electrons. The first-order valence-corrected chi connectivity index (χ1v) is 5.83. The highest BCUT2D eigenvalue weighted by Gasteiger charge is 1.97. The van der Waals surface area contributed by atoms with Crippen molar-refractivity contribution in [3.63, 3.8) is 0 Å². The molecule has 0 fully saturated rings. The number of benzene rings is 1. The molecule has 0 unspecified atom stereocenters. The van der Waals surface area contributed by atoms with Crippen LogP contribution in [0.3, 0.4) is 0 Å². The highest BCUT2D eigenvalue weighted by atomic mass is 32.2. The molecule has 0 spiro atoms. The van der Waals surface area contributed by atoms with E-state index >= 15 is 0 Å². The summed E-state index contributed by atoms with van der Waals surface area (Å²) in [6.07, 6.45) is 4.26. The van der Waals surface area contributed by atoms with E-state index in [4.69, 9.17) is 5.73 Å². The number of nitrogens with two attached hydrogens (primary N) is 1. The van der Waals surface area contributed by atoms with Crippen LogP contribution in [0.25, 0.3) is 0 Å². The molecule has 0 aliphatic rings. The lowest BCUT2D eigenvalue weighted by Gasteiger charge is -2.05. The van der Waals surface area contributed by atoms with Crippen LogP contribution in [0.5, 0.6) is 0 Å². The van der Waals surface area contributed by atoms with Crippen molar-refractivity contribution in [2.45, 2.75) is 30.7 Å². The van der Waals surface area contributed by atoms with Gasteiger partial charge in [-0.05, 0) is 43.7 Å². The molecule has 2 N–H and O–H groups in total. The Hall–Kier alpha value is -0.470. The summed E-state index contributed by atoms with van der Waals surface area (Å²) in [5.41, 5.74) is 7.10. The Balaban J connectivity index is 2.56. The predicted molar refractivity (Wildman–Crippen MR) is 60.2 cm³/mol. The van der Waals surface area contributed by atoms with Crippen LogP contribution in [0.2, 0.25) is 0 Å². The van der Waals surface area contributed by atoms with Crippen molar-refractivity contribution in [1.82, 2.24) is 0 Å². The van der Waals surface area contributed by atoms with E-state index in [1.807, 2.05) is 0 Å². The van der Waals surface area contributed by atoms with E-state index in [2.05, 4.69) is 37.4 Å². The van der Waals surface area contributed by atoms with E-state index in [0.717, 1.165) is 12.8 Å². The van der Waals surface area contributed by atoms with Crippen molar-refractivity contribution in [2.24, 2.45) is 5.73 Å². The summed E-state index contributed by atoms with van der Waals surface area (Å²) >= 11 is 1.79. The van der Waals surface area contributed by atoms with Gasteiger partial charge in [-0.15, -0.1) is 11.8 Å². The molecule has 0 saturated carbocycles. The van der Waals surface area contributed by atoms with Crippen LogP contribution in [0.1, 0.15) is 18.9 Å². The monoisotopic (exact) mass is 195 g/mol. The average Bonchev–Trinajstić information content (AvgIpc) is 2.15. The summed E-state index contributed by atoms with van der Waals surface area (Å²) in [6.45, 7) is 2.05. The molecule has 0 heterocycles. The summed E-state index contributed by atoms with van der Waals surface area (Å²) in [5.74, 6) is 0. The second kappa shape index (κ2) is 5.30. The van der Waals surface area contributed by atoms with E-state index in [-0.39, 0.29) is 0 Å². The lowest BCUT2D eigenvalue weighted by molar-refractivity contribution is 0.665. The molecule has 1 rings (SSSR count). The Morgan fingerprint density at radius 2 is 2.23 bits per heavy atom. The Morgan fingerprint density at radius 3 is 2.85 bits per heavy atom. The molecule has 72 valence electrons. The zero-order valence-electron chi connectivity index (χ0n) is 8.29. The standard InChI is InChI=1S/C11H17NS/c1-9(12)6-7-10-4-3-5-11(8-10)13-2/h3-5,8-9H,6-7,12H2,1-2H3/t9-/m1/s1. The average molecular weight is 195 g/mol. The lowest BCUT2D eigenvalue weighted by atomic mass is 10.1. The number of rotatable bonds is 4. The molecule has 1 aromatic rings. The normalized spacial score (nSPS) is 12.8. The molecule has 0 aliphatic carbocycles. The first-order chi connectivity index (χ1) is 6.22. The van der Waals surface area contributed by atoms with Gasteiger partial charge in [0, 0.05) is 10.9 Å². The van der Waals surface area contributed by atoms with Gasteiger partial charge in [0.15, 0.2) is 0 Å². The summed E-state index contributed by atoms with van der Waals surface area (Å²) in [7, 11) is 0. The van der Waals surface area contributed by atoms with Gasteiger partial charge in [-0.1, -0.05) is 12.1 Å². The molecule has 0 bridgehead atoms. The van der Waals surface area contributed by atoms with Crippen LogP contribution < -0.4 is 5.73 Å². The van der Waals surface area contributed by atoms with E-state index < -0.39 is 0 Å². The zero-order valence-corrected chi connectivity index (χ0v) is 9.10. The van der Waals surface area contributed by atoms with Gasteiger partial charge in [-0.2, -0.15) is 0 Å². The third-order valence-corrected chi connectivity index (χ3v) is 2.75. The van der Waals surface area contributed by atoms with Crippen LogP contribution in [0, 0.1) is 0 Å². The summed E-state index contributed by atoms with van der Waals surface area (Å²) in [6, 6.07) is 8.97. The van der Waals surface area contributed by atoms with Crippen LogP contribution in [0.15, 0.2) is 29.2 Å². The van der Waals surface area contributed by atoms with Gasteiger partial charge in [-0.25, -0.2) is 0 Å². The van der Waals surface area contributed by atoms with Gasteiger partial charge < -0.3 is 5.73 Å². The van der Waals surface area contributed by atoms with Gasteiger partial charge in [0.05, 0.1) is 0 Å². The lowest BCUT2D eigenvalue weighted by Crippen LogP contribution is -2.15. The predicted octanol–water partition coefficient (Wildman–Crippen LogP) is 2.69. The molecular formula is C11H17NS. The number of hydrogen-bond acceptors (Lipinski definition) is 2. The first kappa shape index (κ1) is 10.6. The number of thioether (sulfide) groups is 1. The SMILES string of the molecule is CSc1cccc(CC[C@@H](C)N)c1. The first-order valence-electron chi connectivity index (χ1n) is 4.61. The minimum atomic E-state index is 0.304.